The van der Waals surface area contributed by atoms with Crippen molar-refractivity contribution < 1.29 is 13.9 Å². The topological polar surface area (TPSA) is 70.8 Å². The van der Waals surface area contributed by atoms with E-state index in [1.165, 1.54) is 0 Å². The summed E-state index contributed by atoms with van der Waals surface area (Å²) in [6.07, 6.45) is 3.29. The Labute approximate surface area is 141 Å². The number of nitrogens with one attached hydrogen (secondary N) is 1. The predicted octanol–water partition coefficient (Wildman–Crippen LogP) is 2.57. The SMILES string of the molecule is CCN(Cc1ccco1)C(=O)Nc1ccc(N2CCOCC2)nc1. The fourth-order valence-corrected chi connectivity index (χ4v) is 2.56. The molecule has 128 valence electrons. The van der Waals surface area contributed by atoms with Gasteiger partial charge >= 0.3 is 6.03 Å². The standard InChI is InChI=1S/C17H22N4O3/c1-2-20(13-15-4-3-9-24-15)17(22)19-14-5-6-16(18-12-14)21-7-10-23-11-8-21/h3-6,9,12H,2,7-8,10-11,13H2,1H3,(H,19,22). The molecule has 3 heterocycles. The molecule has 2 amide bonds. The van der Waals surface area contributed by atoms with Crippen LogP contribution in [0.15, 0.2) is 41.1 Å². The third-order valence-corrected chi connectivity index (χ3v) is 3.93. The number of anilines is 2. The molecule has 0 saturated carbocycles. The summed E-state index contributed by atoms with van der Waals surface area (Å²) < 4.78 is 10.6. The van der Waals surface area contributed by atoms with Crippen LogP contribution in [0.3, 0.4) is 0 Å². The van der Waals surface area contributed by atoms with Crippen molar-refractivity contribution in [1.29, 1.82) is 0 Å². The molecule has 0 bridgehead atoms. The monoisotopic (exact) mass is 330 g/mol. The van der Waals surface area contributed by atoms with Crippen LogP contribution in [0, 0.1) is 0 Å². The van der Waals surface area contributed by atoms with Crippen molar-refractivity contribution in [1.82, 2.24) is 9.88 Å². The van der Waals surface area contributed by atoms with Crippen molar-refractivity contribution in [2.45, 2.75) is 13.5 Å². The van der Waals surface area contributed by atoms with Gasteiger partial charge in [0.25, 0.3) is 0 Å². The number of morpholine rings is 1. The summed E-state index contributed by atoms with van der Waals surface area (Å²) in [5.74, 6) is 1.66. The van der Waals surface area contributed by atoms with E-state index >= 15 is 0 Å². The average molecular weight is 330 g/mol. The Morgan fingerprint density at radius 2 is 2.17 bits per heavy atom. The molecule has 3 rings (SSSR count). The highest BCUT2D eigenvalue weighted by Crippen LogP contribution is 2.16. The first kappa shape index (κ1) is 16.3. The molecule has 0 aliphatic carbocycles. The number of furan rings is 1. The van der Waals surface area contributed by atoms with Gasteiger partial charge in [0.05, 0.1) is 37.9 Å². The summed E-state index contributed by atoms with van der Waals surface area (Å²) in [6, 6.07) is 7.29. The van der Waals surface area contributed by atoms with Crippen LogP contribution in [-0.4, -0.2) is 48.8 Å². The number of pyridine rings is 1. The van der Waals surface area contributed by atoms with Crippen LogP contribution in [0.1, 0.15) is 12.7 Å². The van der Waals surface area contributed by atoms with E-state index < -0.39 is 0 Å². The minimum Gasteiger partial charge on any atom is -0.467 e. The number of urea groups is 1. The Bertz CT molecular complexity index is 636. The quantitative estimate of drug-likeness (QED) is 0.912. The highest BCUT2D eigenvalue weighted by molar-refractivity contribution is 5.89. The number of hydrogen-bond acceptors (Lipinski definition) is 5. The summed E-state index contributed by atoms with van der Waals surface area (Å²) in [7, 11) is 0. The van der Waals surface area contributed by atoms with Crippen molar-refractivity contribution >= 4 is 17.5 Å². The van der Waals surface area contributed by atoms with Gasteiger partial charge in [0.15, 0.2) is 0 Å². The molecular formula is C17H22N4O3. The third-order valence-electron chi connectivity index (χ3n) is 3.93. The van der Waals surface area contributed by atoms with E-state index in [0.29, 0.717) is 18.8 Å². The fraction of sp³-hybridized carbons (Fsp3) is 0.412. The number of rotatable bonds is 5. The van der Waals surface area contributed by atoms with Crippen LogP contribution in [0.4, 0.5) is 16.3 Å². The lowest BCUT2D eigenvalue weighted by atomic mass is 10.3. The first-order valence-corrected chi connectivity index (χ1v) is 8.13. The van der Waals surface area contributed by atoms with Crippen LogP contribution in [0.5, 0.6) is 0 Å². The zero-order valence-electron chi connectivity index (χ0n) is 13.8. The highest BCUT2D eigenvalue weighted by atomic mass is 16.5. The Hall–Kier alpha value is -2.54. The van der Waals surface area contributed by atoms with Crippen LogP contribution >= 0.6 is 0 Å². The van der Waals surface area contributed by atoms with Gasteiger partial charge in [-0.3, -0.25) is 0 Å². The first-order valence-electron chi connectivity index (χ1n) is 8.13. The molecule has 7 heteroatoms. The molecule has 1 aliphatic heterocycles. The van der Waals surface area contributed by atoms with Crippen molar-refractivity contribution in [2.75, 3.05) is 43.1 Å². The van der Waals surface area contributed by atoms with Gasteiger partial charge in [-0.2, -0.15) is 0 Å². The van der Waals surface area contributed by atoms with Gasteiger partial charge in [0.2, 0.25) is 0 Å². The minimum absolute atomic E-state index is 0.171. The number of aromatic nitrogens is 1. The Kier molecular flexibility index (Phi) is 5.32. The Morgan fingerprint density at radius 3 is 2.79 bits per heavy atom. The Balaban J connectivity index is 1.58. The molecule has 0 aromatic carbocycles. The summed E-state index contributed by atoms with van der Waals surface area (Å²) in [4.78, 5) is 20.7. The number of hydrogen-bond donors (Lipinski definition) is 1. The minimum atomic E-state index is -0.171. The third kappa shape index (κ3) is 4.05. The lowest BCUT2D eigenvalue weighted by Crippen LogP contribution is -2.36. The second-order valence-corrected chi connectivity index (χ2v) is 5.53. The van der Waals surface area contributed by atoms with Crippen molar-refractivity contribution in [3.05, 3.63) is 42.5 Å². The normalized spacial score (nSPS) is 14.5. The zero-order valence-corrected chi connectivity index (χ0v) is 13.8. The maximum absolute atomic E-state index is 12.4. The lowest BCUT2D eigenvalue weighted by Gasteiger charge is -2.27. The largest absolute Gasteiger partial charge is 0.467 e. The summed E-state index contributed by atoms with van der Waals surface area (Å²) in [6.45, 7) is 6.08. The van der Waals surface area contributed by atoms with Gasteiger partial charge in [-0.25, -0.2) is 9.78 Å². The number of carbonyl (C=O) groups excluding carboxylic acids is 1. The first-order chi connectivity index (χ1) is 11.8. The molecule has 1 aliphatic rings. The van der Waals surface area contributed by atoms with E-state index in [4.69, 9.17) is 9.15 Å². The molecule has 2 aromatic rings. The van der Waals surface area contributed by atoms with Gasteiger partial charge < -0.3 is 24.3 Å². The van der Waals surface area contributed by atoms with Crippen LogP contribution < -0.4 is 10.2 Å². The highest BCUT2D eigenvalue weighted by Gasteiger charge is 2.15. The predicted molar refractivity (Wildman–Crippen MR) is 91.1 cm³/mol. The summed E-state index contributed by atoms with van der Waals surface area (Å²) in [5, 5.41) is 2.88. The van der Waals surface area contributed by atoms with E-state index in [-0.39, 0.29) is 6.03 Å². The molecular weight excluding hydrogens is 308 g/mol. The lowest BCUT2D eigenvalue weighted by molar-refractivity contribution is 0.122. The van der Waals surface area contributed by atoms with Gasteiger partial charge in [0, 0.05) is 19.6 Å². The molecule has 1 N–H and O–H groups in total. The maximum atomic E-state index is 12.4. The fourth-order valence-electron chi connectivity index (χ4n) is 2.56. The second-order valence-electron chi connectivity index (χ2n) is 5.53. The smallest absolute Gasteiger partial charge is 0.322 e. The average Bonchev–Trinajstić information content (AvgIpc) is 3.14. The second kappa shape index (κ2) is 7.83. The molecule has 1 saturated heterocycles. The van der Waals surface area contributed by atoms with Gasteiger partial charge in [0.1, 0.15) is 11.6 Å². The molecule has 0 unspecified atom stereocenters. The summed E-state index contributed by atoms with van der Waals surface area (Å²) >= 11 is 0. The summed E-state index contributed by atoms with van der Waals surface area (Å²) in [5.41, 5.74) is 0.676. The zero-order chi connectivity index (χ0) is 16.8. The number of nitrogens with zero attached hydrogens (tertiary/aromatic N) is 3. The van der Waals surface area contributed by atoms with Gasteiger partial charge in [-0.15, -0.1) is 0 Å². The molecule has 2 aromatic heterocycles. The van der Waals surface area contributed by atoms with E-state index in [0.717, 1.165) is 37.9 Å². The van der Waals surface area contributed by atoms with Crippen LogP contribution in [-0.2, 0) is 11.3 Å². The van der Waals surface area contributed by atoms with Gasteiger partial charge in [-0.05, 0) is 31.2 Å². The van der Waals surface area contributed by atoms with Crippen molar-refractivity contribution in [3.8, 4) is 0 Å². The van der Waals surface area contributed by atoms with Crippen LogP contribution in [0.2, 0.25) is 0 Å². The molecule has 0 spiro atoms. The number of ether oxygens (including phenoxy) is 1. The molecule has 7 nitrogen and oxygen atoms in total. The van der Waals surface area contributed by atoms with E-state index in [9.17, 15) is 4.79 Å². The van der Waals surface area contributed by atoms with Gasteiger partial charge in [-0.1, -0.05) is 0 Å². The van der Waals surface area contributed by atoms with E-state index in [1.54, 1.807) is 17.4 Å². The molecule has 0 atom stereocenters. The maximum Gasteiger partial charge on any atom is 0.322 e. The van der Waals surface area contributed by atoms with E-state index in [1.807, 2.05) is 31.2 Å². The molecule has 1 fully saturated rings. The number of amides is 2. The number of carbonyl (C=O) groups is 1. The van der Waals surface area contributed by atoms with Crippen molar-refractivity contribution in [3.63, 3.8) is 0 Å². The molecule has 24 heavy (non-hydrogen) atoms. The Morgan fingerprint density at radius 1 is 1.33 bits per heavy atom. The van der Waals surface area contributed by atoms with Crippen LogP contribution in [0.25, 0.3) is 0 Å². The van der Waals surface area contributed by atoms with E-state index in [2.05, 4.69) is 15.2 Å². The molecule has 0 radical (unpaired) electrons. The van der Waals surface area contributed by atoms with Crippen molar-refractivity contribution in [2.24, 2.45) is 0 Å².